The Hall–Kier alpha value is -5.12. The number of nitriles is 1. The maximum atomic E-state index is 8.81. The predicted octanol–water partition coefficient (Wildman–Crippen LogP) is 6.89. The van der Waals surface area contributed by atoms with Crippen molar-refractivity contribution in [1.29, 1.82) is 5.26 Å². The number of rotatable bonds is 14. The van der Waals surface area contributed by atoms with Gasteiger partial charge in [-0.15, -0.1) is 11.6 Å². The molecule has 0 aromatic heterocycles. The fourth-order valence-electron chi connectivity index (χ4n) is 4.76. The second-order valence-electron chi connectivity index (χ2n) is 11.5. The van der Waals surface area contributed by atoms with E-state index in [2.05, 4.69) is 48.3 Å². The molecule has 10 nitrogen and oxygen atoms in total. The maximum absolute atomic E-state index is 8.81. The lowest BCUT2D eigenvalue weighted by molar-refractivity contribution is 0.153. The van der Waals surface area contributed by atoms with Crippen LogP contribution in [0.25, 0.3) is 9.69 Å². The summed E-state index contributed by atoms with van der Waals surface area (Å²) in [5.41, 5.74) is 1.88. The Morgan fingerprint density at radius 1 is 0.596 bits per heavy atom. The van der Waals surface area contributed by atoms with Gasteiger partial charge in [-0.3, -0.25) is 9.80 Å². The van der Waals surface area contributed by atoms with Gasteiger partial charge in [0, 0.05) is 71.3 Å². The number of hydrogen-bond donors (Lipinski definition) is 2. The van der Waals surface area contributed by atoms with E-state index in [1.54, 1.807) is 48.5 Å². The van der Waals surface area contributed by atoms with Gasteiger partial charge in [0.2, 0.25) is 0 Å². The van der Waals surface area contributed by atoms with Crippen molar-refractivity contribution in [3.8, 4) is 23.3 Å². The molecule has 2 saturated heterocycles. The molecule has 0 aliphatic carbocycles. The fourth-order valence-corrected chi connectivity index (χ4v) is 4.89. The fraction of sp³-hybridized carbons (Fsp3) is 0.341. The van der Waals surface area contributed by atoms with Gasteiger partial charge in [0.05, 0.1) is 24.8 Å². The molecule has 5 rings (SSSR count). The van der Waals surface area contributed by atoms with E-state index in [1.807, 2.05) is 48.6 Å². The van der Waals surface area contributed by atoms with E-state index < -0.39 is 0 Å². The third-order valence-corrected chi connectivity index (χ3v) is 7.87. The summed E-state index contributed by atoms with van der Waals surface area (Å²) in [6.07, 6.45) is 12.1. The van der Waals surface area contributed by atoms with Crippen LogP contribution in [0, 0.1) is 24.5 Å². The van der Waals surface area contributed by atoms with E-state index in [9.17, 15) is 0 Å². The van der Waals surface area contributed by atoms with Gasteiger partial charge >= 0.3 is 0 Å². The zero-order valence-corrected chi connectivity index (χ0v) is 30.4. The van der Waals surface area contributed by atoms with Gasteiger partial charge in [-0.25, -0.2) is 9.69 Å². The Balaban J connectivity index is 0.000000297. The second kappa shape index (κ2) is 26.7. The van der Waals surface area contributed by atoms with Crippen LogP contribution in [0.4, 0.5) is 11.4 Å². The Morgan fingerprint density at radius 2 is 0.962 bits per heavy atom. The summed E-state index contributed by atoms with van der Waals surface area (Å²) in [4.78, 5) is 11.5. The van der Waals surface area contributed by atoms with Crippen molar-refractivity contribution in [2.75, 3.05) is 91.1 Å². The molecule has 2 aliphatic rings. The van der Waals surface area contributed by atoms with Crippen LogP contribution < -0.4 is 24.8 Å². The molecular formula is C41H48ClN7O3. The van der Waals surface area contributed by atoms with Crippen LogP contribution >= 0.6 is 11.6 Å². The maximum Gasteiger partial charge on any atom is 0.187 e. The van der Waals surface area contributed by atoms with Gasteiger partial charge in [-0.1, -0.05) is 60.7 Å². The Bertz CT molecular complexity index is 1520. The minimum Gasteiger partial charge on any atom is -0.490 e. The molecule has 0 unspecified atom stereocenters. The Kier molecular flexibility index (Phi) is 21.2. The standard InChI is InChI=1S/C26H28N4O2.C11H10ClNO.C4H10N2/c1-28-24-8-12-26(13-9-24)32-21-5-3-15-30-18-16-29(17-19-30)14-2-4-20-31-25-10-6-23(22-27)7-11-25;1-13-10-4-6-11(7-5-10)14-9-3-2-8-12;1-2-6-4-3-5-1/h2-13H,14-21H2;2-7H,8-9H2;5-6H,1-4H2/b4-2+,5-3+;3-2+;. The topological polar surface area (TPSA) is 90.7 Å². The van der Waals surface area contributed by atoms with E-state index in [4.69, 9.17) is 44.2 Å². The smallest absolute Gasteiger partial charge is 0.187 e. The summed E-state index contributed by atoms with van der Waals surface area (Å²) >= 11 is 5.45. The number of nitrogens with zero attached hydrogens (tertiary/aromatic N) is 5. The minimum atomic E-state index is 0.500. The van der Waals surface area contributed by atoms with Crippen LogP contribution in [0.5, 0.6) is 17.2 Å². The van der Waals surface area contributed by atoms with Gasteiger partial charge in [0.25, 0.3) is 0 Å². The highest BCUT2D eigenvalue weighted by molar-refractivity contribution is 6.18. The lowest BCUT2D eigenvalue weighted by atomic mass is 10.2. The highest BCUT2D eigenvalue weighted by Crippen LogP contribution is 2.18. The van der Waals surface area contributed by atoms with Crippen molar-refractivity contribution >= 4 is 23.0 Å². The number of halogens is 1. The molecular weight excluding hydrogens is 674 g/mol. The molecule has 2 N–H and O–H groups in total. The minimum absolute atomic E-state index is 0.500. The number of allylic oxidation sites excluding steroid dienone is 1. The van der Waals surface area contributed by atoms with Crippen molar-refractivity contribution in [3.05, 3.63) is 138 Å². The van der Waals surface area contributed by atoms with Crippen molar-refractivity contribution in [2.45, 2.75) is 0 Å². The molecule has 3 aromatic rings. The van der Waals surface area contributed by atoms with Gasteiger partial charge in [0.15, 0.2) is 11.4 Å². The molecule has 2 aliphatic heterocycles. The summed E-state index contributed by atoms with van der Waals surface area (Å²) in [6.45, 7) is 25.9. The van der Waals surface area contributed by atoms with E-state index in [1.165, 1.54) is 0 Å². The average Bonchev–Trinajstić information content (AvgIpc) is 3.21. The Labute approximate surface area is 314 Å². The molecule has 52 heavy (non-hydrogen) atoms. The number of nitrogens with one attached hydrogen (secondary N) is 2. The van der Waals surface area contributed by atoms with Crippen LogP contribution in [0.3, 0.4) is 0 Å². The third-order valence-electron chi connectivity index (χ3n) is 7.69. The van der Waals surface area contributed by atoms with Crippen LogP contribution in [0.2, 0.25) is 0 Å². The quantitative estimate of drug-likeness (QED) is 0.106. The molecule has 0 saturated carbocycles. The lowest BCUT2D eigenvalue weighted by Crippen LogP contribution is -2.46. The van der Waals surface area contributed by atoms with E-state index in [0.717, 1.165) is 82.7 Å². The molecule has 272 valence electrons. The SMILES string of the molecule is C1CNCCN1.[C-]#[N+]c1ccc(OC/C=C/CCl)cc1.[C-]#[N+]c1ccc(OC/C=C/CN2CCN(C/C=C/COc3ccc(C#N)cc3)CC2)cc1. The molecule has 0 amide bonds. The van der Waals surface area contributed by atoms with Crippen molar-refractivity contribution < 1.29 is 14.2 Å². The molecule has 0 radical (unpaired) electrons. The van der Waals surface area contributed by atoms with E-state index in [0.29, 0.717) is 42.6 Å². The van der Waals surface area contributed by atoms with Gasteiger partial charge in [-0.2, -0.15) is 5.26 Å². The first kappa shape index (κ1) is 41.3. The molecule has 2 fully saturated rings. The van der Waals surface area contributed by atoms with Crippen LogP contribution in [0.1, 0.15) is 5.56 Å². The van der Waals surface area contributed by atoms with Crippen molar-refractivity contribution in [2.24, 2.45) is 0 Å². The van der Waals surface area contributed by atoms with E-state index >= 15 is 0 Å². The van der Waals surface area contributed by atoms with Crippen molar-refractivity contribution in [1.82, 2.24) is 20.4 Å². The summed E-state index contributed by atoms with van der Waals surface area (Å²) in [6, 6.07) is 23.5. The molecule has 11 heteroatoms. The number of piperazine rings is 2. The van der Waals surface area contributed by atoms with Crippen LogP contribution in [-0.4, -0.2) is 101 Å². The first-order valence-corrected chi connectivity index (χ1v) is 17.9. The normalized spacial score (nSPS) is 14.7. The first-order valence-electron chi connectivity index (χ1n) is 17.3. The number of benzene rings is 3. The second-order valence-corrected chi connectivity index (χ2v) is 11.8. The molecule has 2 heterocycles. The molecule has 3 aromatic carbocycles. The lowest BCUT2D eigenvalue weighted by Gasteiger charge is -2.33. The highest BCUT2D eigenvalue weighted by atomic mass is 35.5. The average molecular weight is 722 g/mol. The van der Waals surface area contributed by atoms with Crippen molar-refractivity contribution in [3.63, 3.8) is 0 Å². The zero-order chi connectivity index (χ0) is 36.9. The first-order chi connectivity index (χ1) is 25.6. The summed E-state index contributed by atoms with van der Waals surface area (Å²) in [5.74, 6) is 2.82. The largest absolute Gasteiger partial charge is 0.490 e. The van der Waals surface area contributed by atoms with Gasteiger partial charge in [0.1, 0.15) is 37.1 Å². The third kappa shape index (κ3) is 18.2. The van der Waals surface area contributed by atoms with Crippen LogP contribution in [0.15, 0.2) is 109 Å². The summed E-state index contributed by atoms with van der Waals surface area (Å²) < 4.78 is 16.7. The van der Waals surface area contributed by atoms with Gasteiger partial charge < -0.3 is 24.8 Å². The Morgan fingerprint density at radius 3 is 1.29 bits per heavy atom. The molecule has 0 atom stereocenters. The van der Waals surface area contributed by atoms with Gasteiger partial charge in [-0.05, 0) is 48.5 Å². The number of hydrogen-bond acceptors (Lipinski definition) is 8. The van der Waals surface area contributed by atoms with E-state index in [-0.39, 0.29) is 0 Å². The zero-order valence-electron chi connectivity index (χ0n) is 29.6. The summed E-state index contributed by atoms with van der Waals surface area (Å²) in [5, 5.41) is 15.3. The molecule has 0 spiro atoms. The highest BCUT2D eigenvalue weighted by Gasteiger charge is 2.14. The molecule has 0 bridgehead atoms. The number of ether oxygens (including phenoxy) is 3. The number of alkyl halides is 1. The predicted molar refractivity (Wildman–Crippen MR) is 210 cm³/mol. The monoisotopic (exact) mass is 721 g/mol. The summed E-state index contributed by atoms with van der Waals surface area (Å²) in [7, 11) is 0. The van der Waals surface area contributed by atoms with Crippen LogP contribution in [-0.2, 0) is 0 Å².